The second-order valence-electron chi connectivity index (χ2n) is 8.99. The molecule has 1 aliphatic carbocycles. The molecule has 1 amide bonds. The second kappa shape index (κ2) is 14.3. The summed E-state index contributed by atoms with van der Waals surface area (Å²) < 4.78 is 17.3. The van der Waals surface area contributed by atoms with Gasteiger partial charge in [0.05, 0.1) is 20.3 Å². The zero-order valence-corrected chi connectivity index (χ0v) is 22.1. The molecule has 6 heteroatoms. The fourth-order valence-electron chi connectivity index (χ4n) is 4.43. The van der Waals surface area contributed by atoms with E-state index in [2.05, 4.69) is 54.4 Å². The summed E-state index contributed by atoms with van der Waals surface area (Å²) in [6.45, 7) is 7.51. The fraction of sp³-hybridized carbons (Fsp3) is 0.433. The van der Waals surface area contributed by atoms with Crippen LogP contribution in [-0.4, -0.2) is 51.3 Å². The molecule has 0 saturated heterocycles. The van der Waals surface area contributed by atoms with E-state index in [0.717, 1.165) is 56.5 Å². The quantitative estimate of drug-likeness (QED) is 0.353. The highest BCUT2D eigenvalue weighted by Crippen LogP contribution is 2.39. The van der Waals surface area contributed by atoms with Gasteiger partial charge in [-0.1, -0.05) is 62.4 Å². The molecule has 6 nitrogen and oxygen atoms in total. The predicted molar refractivity (Wildman–Crippen MR) is 145 cm³/mol. The number of benzene rings is 2. The minimum absolute atomic E-state index is 0.144. The van der Waals surface area contributed by atoms with Crippen LogP contribution in [0.25, 0.3) is 0 Å². The van der Waals surface area contributed by atoms with Crippen molar-refractivity contribution in [1.29, 1.82) is 0 Å². The molecule has 0 heterocycles. The minimum atomic E-state index is -0.183. The number of allylic oxidation sites excluding steroid dienone is 2. The molecule has 3 rings (SSSR count). The summed E-state index contributed by atoms with van der Waals surface area (Å²) in [5.74, 6) is 1.25. The van der Waals surface area contributed by atoms with Crippen LogP contribution in [0.3, 0.4) is 0 Å². The Bertz CT molecular complexity index is 1000. The van der Waals surface area contributed by atoms with Gasteiger partial charge in [-0.2, -0.15) is 0 Å². The van der Waals surface area contributed by atoms with Crippen LogP contribution >= 0.6 is 0 Å². The number of nitrogens with one attached hydrogen (secondary N) is 1. The molecule has 0 radical (unpaired) electrons. The van der Waals surface area contributed by atoms with Gasteiger partial charge in [-0.25, -0.2) is 0 Å². The number of rotatable bonds is 14. The predicted octanol–water partition coefficient (Wildman–Crippen LogP) is 5.95. The highest BCUT2D eigenvalue weighted by atomic mass is 16.5. The van der Waals surface area contributed by atoms with Crippen molar-refractivity contribution in [2.24, 2.45) is 0 Å². The molecule has 1 unspecified atom stereocenters. The van der Waals surface area contributed by atoms with Crippen LogP contribution < -0.4 is 19.5 Å². The zero-order valence-electron chi connectivity index (χ0n) is 22.1. The fourth-order valence-corrected chi connectivity index (χ4v) is 4.43. The number of methoxy groups -OCH3 is 2. The average Bonchev–Trinajstić information content (AvgIpc) is 2.92. The van der Waals surface area contributed by atoms with E-state index in [9.17, 15) is 4.79 Å². The molecular weight excluding hydrogens is 452 g/mol. The molecule has 1 aliphatic rings. The number of carbonyl (C=O) groups excluding carboxylic acids is 1. The number of amides is 1. The van der Waals surface area contributed by atoms with Crippen LogP contribution in [0.15, 0.2) is 66.3 Å². The Morgan fingerprint density at radius 1 is 1.00 bits per heavy atom. The Balaban J connectivity index is 1.83. The average molecular weight is 493 g/mol. The van der Waals surface area contributed by atoms with E-state index in [1.807, 2.05) is 18.2 Å². The lowest BCUT2D eigenvalue weighted by atomic mass is 10.0. The molecule has 1 N–H and O–H groups in total. The minimum Gasteiger partial charge on any atom is -0.493 e. The van der Waals surface area contributed by atoms with Gasteiger partial charge in [-0.3, -0.25) is 4.79 Å². The Labute approximate surface area is 215 Å². The monoisotopic (exact) mass is 492 g/mol. The van der Waals surface area contributed by atoms with E-state index in [-0.39, 0.29) is 11.9 Å². The van der Waals surface area contributed by atoms with Gasteiger partial charge in [0.15, 0.2) is 11.5 Å². The lowest BCUT2D eigenvalue weighted by molar-refractivity contribution is 0.0923. The molecule has 0 fully saturated rings. The Kier molecular flexibility index (Phi) is 10.9. The summed E-state index contributed by atoms with van der Waals surface area (Å²) in [6, 6.07) is 13.4. The largest absolute Gasteiger partial charge is 0.493 e. The smallest absolute Gasteiger partial charge is 0.252 e. The Morgan fingerprint density at radius 3 is 2.22 bits per heavy atom. The number of hydrogen-bond acceptors (Lipinski definition) is 5. The number of hydrogen-bond donors (Lipinski definition) is 1. The molecule has 0 bridgehead atoms. The van der Waals surface area contributed by atoms with Gasteiger partial charge < -0.3 is 24.4 Å². The first-order valence-corrected chi connectivity index (χ1v) is 12.9. The van der Waals surface area contributed by atoms with Gasteiger partial charge in [0.1, 0.15) is 6.61 Å². The molecular formula is C30H40N2O4. The van der Waals surface area contributed by atoms with Crippen molar-refractivity contribution in [1.82, 2.24) is 10.2 Å². The maximum atomic E-state index is 13.5. The lowest BCUT2D eigenvalue weighted by Gasteiger charge is -2.28. The van der Waals surface area contributed by atoms with Gasteiger partial charge in [-0.05, 0) is 62.0 Å². The van der Waals surface area contributed by atoms with Crippen molar-refractivity contribution in [2.45, 2.75) is 45.6 Å². The summed E-state index contributed by atoms with van der Waals surface area (Å²) in [5.41, 5.74) is 2.66. The second-order valence-corrected chi connectivity index (χ2v) is 8.99. The Hall–Kier alpha value is -3.25. The first-order valence-electron chi connectivity index (χ1n) is 12.9. The number of nitrogens with zero attached hydrogens (tertiary/aromatic N) is 1. The lowest BCUT2D eigenvalue weighted by Crippen LogP contribution is -2.38. The summed E-state index contributed by atoms with van der Waals surface area (Å²) in [7, 11) is 3.15. The van der Waals surface area contributed by atoms with Crippen molar-refractivity contribution < 1.29 is 19.0 Å². The molecule has 0 saturated carbocycles. The Morgan fingerprint density at radius 2 is 1.67 bits per heavy atom. The van der Waals surface area contributed by atoms with Crippen LogP contribution in [0.1, 0.15) is 61.5 Å². The van der Waals surface area contributed by atoms with Gasteiger partial charge in [-0.15, -0.1) is 0 Å². The molecule has 2 aromatic carbocycles. The zero-order chi connectivity index (χ0) is 25.8. The van der Waals surface area contributed by atoms with Crippen LogP contribution in [0.2, 0.25) is 0 Å². The van der Waals surface area contributed by atoms with Crippen molar-refractivity contribution in [2.75, 3.05) is 40.5 Å². The van der Waals surface area contributed by atoms with Crippen molar-refractivity contribution >= 4 is 5.91 Å². The van der Waals surface area contributed by atoms with E-state index in [0.29, 0.717) is 29.4 Å². The first-order chi connectivity index (χ1) is 17.6. The van der Waals surface area contributed by atoms with Gasteiger partial charge in [0, 0.05) is 12.1 Å². The third kappa shape index (κ3) is 7.62. The normalized spacial score (nSPS) is 13.8. The topological polar surface area (TPSA) is 60.0 Å². The van der Waals surface area contributed by atoms with Crippen LogP contribution in [-0.2, 0) is 0 Å². The van der Waals surface area contributed by atoms with Crippen molar-refractivity contribution in [3.05, 3.63) is 77.4 Å². The molecule has 0 aliphatic heterocycles. The van der Waals surface area contributed by atoms with E-state index < -0.39 is 0 Å². The summed E-state index contributed by atoms with van der Waals surface area (Å²) in [5, 5.41) is 3.25. The van der Waals surface area contributed by atoms with E-state index in [1.165, 1.54) is 0 Å². The van der Waals surface area contributed by atoms with Crippen LogP contribution in [0, 0.1) is 0 Å². The van der Waals surface area contributed by atoms with Crippen molar-refractivity contribution in [3.63, 3.8) is 0 Å². The maximum Gasteiger partial charge on any atom is 0.252 e. The van der Waals surface area contributed by atoms with E-state index in [1.54, 1.807) is 26.4 Å². The molecule has 36 heavy (non-hydrogen) atoms. The maximum absolute atomic E-state index is 13.5. The molecule has 2 aromatic rings. The number of carbonyl (C=O) groups is 1. The van der Waals surface area contributed by atoms with E-state index >= 15 is 0 Å². The molecule has 194 valence electrons. The van der Waals surface area contributed by atoms with Crippen LogP contribution in [0.5, 0.6) is 17.2 Å². The summed E-state index contributed by atoms with van der Waals surface area (Å²) >= 11 is 0. The standard InChI is InChI=1S/C30H40N2O4/c1-5-17-32(18-6-2)21-26(24-15-11-8-12-16-24)31-30(33)25-19-27(34-3)29(28(20-25)35-4)36-22-23-13-9-7-10-14-23/h8-9,11-16,19-20,26H,5-7,10,17-18,21-22H2,1-4H3,(H,31,33). The van der Waals surface area contributed by atoms with Gasteiger partial charge >= 0.3 is 0 Å². The SMILES string of the molecule is CCCN(CCC)CC(NC(=O)c1cc(OC)c(OCC2=CCCC=C2)c(OC)c1)c1ccccc1. The van der Waals surface area contributed by atoms with E-state index in [4.69, 9.17) is 14.2 Å². The van der Waals surface area contributed by atoms with Crippen molar-refractivity contribution in [3.8, 4) is 17.2 Å². The third-order valence-corrected chi connectivity index (χ3v) is 6.21. The van der Waals surface area contributed by atoms with Gasteiger partial charge in [0.25, 0.3) is 5.91 Å². The highest BCUT2D eigenvalue weighted by molar-refractivity contribution is 5.96. The third-order valence-electron chi connectivity index (χ3n) is 6.21. The molecule has 0 aromatic heterocycles. The number of ether oxygens (including phenoxy) is 3. The summed E-state index contributed by atoms with van der Waals surface area (Å²) in [4.78, 5) is 15.9. The molecule has 0 spiro atoms. The van der Waals surface area contributed by atoms with Gasteiger partial charge in [0.2, 0.25) is 5.75 Å². The first kappa shape index (κ1) is 27.3. The highest BCUT2D eigenvalue weighted by Gasteiger charge is 2.22. The van der Waals surface area contributed by atoms with Crippen LogP contribution in [0.4, 0.5) is 0 Å². The summed E-state index contributed by atoms with van der Waals surface area (Å²) in [6.07, 6.45) is 10.6. The molecule has 1 atom stereocenters.